The molecule has 0 bridgehead atoms. The molecule has 23 heavy (non-hydrogen) atoms. The molecule has 0 heterocycles. The Morgan fingerprint density at radius 1 is 1.22 bits per heavy atom. The maximum atomic E-state index is 13.9. The van der Waals surface area contributed by atoms with Gasteiger partial charge in [0.05, 0.1) is 18.3 Å². The fourth-order valence-corrected chi connectivity index (χ4v) is 2.16. The van der Waals surface area contributed by atoms with E-state index in [0.717, 1.165) is 5.56 Å². The molecule has 0 saturated carbocycles. The van der Waals surface area contributed by atoms with Crippen molar-refractivity contribution in [3.63, 3.8) is 0 Å². The SMILES string of the molecule is COc1cccc(/C=N/N(C)C)c1OCc1c(F)cccc1Cl. The highest BCUT2D eigenvalue weighted by molar-refractivity contribution is 6.31. The molecule has 0 amide bonds. The zero-order chi connectivity index (χ0) is 16.8. The van der Waals surface area contributed by atoms with Crippen LogP contribution in [0, 0.1) is 5.82 Å². The zero-order valence-electron chi connectivity index (χ0n) is 13.2. The van der Waals surface area contributed by atoms with Crippen LogP contribution in [-0.2, 0) is 6.61 Å². The molecule has 2 aromatic rings. The highest BCUT2D eigenvalue weighted by Crippen LogP contribution is 2.32. The van der Waals surface area contributed by atoms with Crippen LogP contribution in [-0.4, -0.2) is 32.4 Å². The van der Waals surface area contributed by atoms with E-state index in [2.05, 4.69) is 5.10 Å². The first-order chi connectivity index (χ1) is 11.0. The number of methoxy groups -OCH3 is 1. The standard InChI is InChI=1S/C17H18ClFN2O2/c1-21(2)20-10-12-6-4-9-16(22-3)17(12)23-11-13-14(18)7-5-8-15(13)19/h4-10H,11H2,1-3H3/b20-10+. The molecule has 2 rings (SSSR count). The summed E-state index contributed by atoms with van der Waals surface area (Å²) in [6.45, 7) is -0.00527. The van der Waals surface area contributed by atoms with Crippen LogP contribution in [0.25, 0.3) is 0 Å². The van der Waals surface area contributed by atoms with Crippen LogP contribution in [0.15, 0.2) is 41.5 Å². The number of ether oxygens (including phenoxy) is 2. The van der Waals surface area contributed by atoms with Crippen molar-refractivity contribution in [3.05, 3.63) is 58.4 Å². The summed E-state index contributed by atoms with van der Waals surface area (Å²) < 4.78 is 25.0. The maximum absolute atomic E-state index is 13.9. The molecule has 0 aliphatic rings. The van der Waals surface area contributed by atoms with Gasteiger partial charge in [0.1, 0.15) is 12.4 Å². The van der Waals surface area contributed by atoms with Crippen molar-refractivity contribution >= 4 is 17.8 Å². The van der Waals surface area contributed by atoms with Crippen molar-refractivity contribution in [1.29, 1.82) is 0 Å². The molecule has 0 atom stereocenters. The summed E-state index contributed by atoms with van der Waals surface area (Å²) in [4.78, 5) is 0. The van der Waals surface area contributed by atoms with E-state index in [9.17, 15) is 4.39 Å². The average molecular weight is 337 g/mol. The summed E-state index contributed by atoms with van der Waals surface area (Å²) in [6, 6.07) is 9.97. The van der Waals surface area contributed by atoms with Crippen molar-refractivity contribution in [2.45, 2.75) is 6.61 Å². The van der Waals surface area contributed by atoms with Crippen LogP contribution in [0.5, 0.6) is 11.5 Å². The molecule has 4 nitrogen and oxygen atoms in total. The molecule has 0 aliphatic carbocycles. The second-order valence-electron chi connectivity index (χ2n) is 4.96. The summed E-state index contributed by atoms with van der Waals surface area (Å²) in [5, 5.41) is 6.18. The van der Waals surface area contributed by atoms with Gasteiger partial charge in [-0.2, -0.15) is 5.10 Å². The van der Waals surface area contributed by atoms with Gasteiger partial charge in [-0.3, -0.25) is 0 Å². The molecule has 0 fully saturated rings. The van der Waals surface area contributed by atoms with Crippen molar-refractivity contribution in [2.75, 3.05) is 21.2 Å². The van der Waals surface area contributed by atoms with Crippen molar-refractivity contribution in [1.82, 2.24) is 5.01 Å². The molecule has 6 heteroatoms. The van der Waals surface area contributed by atoms with E-state index in [0.29, 0.717) is 22.1 Å². The lowest BCUT2D eigenvalue weighted by molar-refractivity contribution is 0.279. The van der Waals surface area contributed by atoms with Gasteiger partial charge >= 0.3 is 0 Å². The van der Waals surface area contributed by atoms with Gasteiger partial charge in [-0.05, 0) is 24.3 Å². The maximum Gasteiger partial charge on any atom is 0.170 e. The minimum absolute atomic E-state index is 0.00527. The van der Waals surface area contributed by atoms with E-state index in [1.165, 1.54) is 6.07 Å². The quantitative estimate of drug-likeness (QED) is 0.591. The number of halogens is 2. The Morgan fingerprint density at radius 2 is 1.96 bits per heavy atom. The van der Waals surface area contributed by atoms with E-state index in [1.54, 1.807) is 36.5 Å². The molecule has 0 spiro atoms. The Morgan fingerprint density at radius 3 is 2.61 bits per heavy atom. The topological polar surface area (TPSA) is 34.1 Å². The molecule has 0 saturated heterocycles. The Bertz CT molecular complexity index is 685. The van der Waals surface area contributed by atoms with Gasteiger partial charge in [0.25, 0.3) is 0 Å². The van der Waals surface area contributed by atoms with Crippen LogP contribution in [0.1, 0.15) is 11.1 Å². The molecule has 0 unspecified atom stereocenters. The van der Waals surface area contributed by atoms with Crippen molar-refractivity contribution in [3.8, 4) is 11.5 Å². The number of hydrogen-bond acceptors (Lipinski definition) is 4. The minimum Gasteiger partial charge on any atom is -0.493 e. The second-order valence-corrected chi connectivity index (χ2v) is 5.37. The van der Waals surface area contributed by atoms with Crippen LogP contribution in [0.2, 0.25) is 5.02 Å². The van der Waals surface area contributed by atoms with Gasteiger partial charge in [0.2, 0.25) is 0 Å². The lowest BCUT2D eigenvalue weighted by Crippen LogP contribution is -2.05. The summed E-state index contributed by atoms with van der Waals surface area (Å²) in [5.74, 6) is 0.621. The molecule has 2 aromatic carbocycles. The van der Waals surface area contributed by atoms with Crippen LogP contribution in [0.3, 0.4) is 0 Å². The summed E-state index contributed by atoms with van der Waals surface area (Å²) in [7, 11) is 5.18. The fraction of sp³-hybridized carbons (Fsp3) is 0.235. The normalized spacial score (nSPS) is 10.8. The predicted octanol–water partition coefficient (Wildman–Crippen LogP) is 3.96. The first-order valence-electron chi connectivity index (χ1n) is 6.97. The van der Waals surface area contributed by atoms with Gasteiger partial charge in [-0.15, -0.1) is 0 Å². The number of nitrogens with zero attached hydrogens (tertiary/aromatic N) is 2. The number of rotatable bonds is 6. The van der Waals surface area contributed by atoms with Crippen molar-refractivity contribution in [2.24, 2.45) is 5.10 Å². The van der Waals surface area contributed by atoms with E-state index >= 15 is 0 Å². The van der Waals surface area contributed by atoms with Crippen LogP contribution < -0.4 is 9.47 Å². The Kier molecular flexibility index (Phi) is 5.82. The Hall–Kier alpha value is -2.27. The predicted molar refractivity (Wildman–Crippen MR) is 90.0 cm³/mol. The van der Waals surface area contributed by atoms with Crippen molar-refractivity contribution < 1.29 is 13.9 Å². The monoisotopic (exact) mass is 336 g/mol. The van der Waals surface area contributed by atoms with Gasteiger partial charge in [0.15, 0.2) is 11.5 Å². The molecule has 0 radical (unpaired) electrons. The molecule has 0 aliphatic heterocycles. The van der Waals surface area contributed by atoms with E-state index in [1.807, 2.05) is 26.2 Å². The van der Waals surface area contributed by atoms with Crippen LogP contribution in [0.4, 0.5) is 4.39 Å². The third-order valence-corrected chi connectivity index (χ3v) is 3.43. The smallest absolute Gasteiger partial charge is 0.170 e. The molecule has 122 valence electrons. The third-order valence-electron chi connectivity index (χ3n) is 3.08. The Labute approximate surface area is 140 Å². The molecule has 0 aromatic heterocycles. The fourth-order valence-electron chi connectivity index (χ4n) is 1.94. The van der Waals surface area contributed by atoms with E-state index in [-0.39, 0.29) is 6.61 Å². The second kappa shape index (κ2) is 7.83. The third kappa shape index (κ3) is 4.36. The summed E-state index contributed by atoms with van der Waals surface area (Å²) in [6.07, 6.45) is 1.65. The zero-order valence-corrected chi connectivity index (χ0v) is 14.0. The highest BCUT2D eigenvalue weighted by Gasteiger charge is 2.13. The first kappa shape index (κ1) is 17.1. The van der Waals surface area contributed by atoms with Gasteiger partial charge in [-0.25, -0.2) is 4.39 Å². The summed E-state index contributed by atoms with van der Waals surface area (Å²) >= 11 is 6.03. The lowest BCUT2D eigenvalue weighted by Gasteiger charge is -2.14. The highest BCUT2D eigenvalue weighted by atomic mass is 35.5. The molecular weight excluding hydrogens is 319 g/mol. The number of benzene rings is 2. The number of para-hydroxylation sites is 1. The first-order valence-corrected chi connectivity index (χ1v) is 7.34. The molecular formula is C17H18ClFN2O2. The lowest BCUT2D eigenvalue weighted by atomic mass is 10.2. The number of hydrogen-bond donors (Lipinski definition) is 0. The van der Waals surface area contributed by atoms with Gasteiger partial charge in [-0.1, -0.05) is 23.7 Å². The van der Waals surface area contributed by atoms with E-state index in [4.69, 9.17) is 21.1 Å². The van der Waals surface area contributed by atoms with Gasteiger partial charge < -0.3 is 14.5 Å². The van der Waals surface area contributed by atoms with Gasteiger partial charge in [0, 0.05) is 25.2 Å². The molecule has 0 N–H and O–H groups in total. The largest absolute Gasteiger partial charge is 0.493 e. The summed E-state index contributed by atoms with van der Waals surface area (Å²) in [5.41, 5.74) is 1.03. The number of hydrazone groups is 1. The van der Waals surface area contributed by atoms with E-state index < -0.39 is 5.82 Å². The average Bonchev–Trinajstić information content (AvgIpc) is 2.52. The Balaban J connectivity index is 2.31. The van der Waals surface area contributed by atoms with Crippen LogP contribution >= 0.6 is 11.6 Å². The minimum atomic E-state index is -0.407.